The first kappa shape index (κ1) is 15.1. The van der Waals surface area contributed by atoms with Gasteiger partial charge in [0.05, 0.1) is 40.1 Å². The number of ether oxygens (including phenoxy) is 4. The maximum absolute atomic E-state index is 5.69. The fraction of sp³-hybridized carbons (Fsp3) is 0.222. The number of rotatable bonds is 5. The van der Waals surface area contributed by atoms with Crippen LogP contribution in [0.4, 0.5) is 0 Å². The van der Waals surface area contributed by atoms with Crippen LogP contribution in [0.3, 0.4) is 0 Å². The maximum atomic E-state index is 5.69. The van der Waals surface area contributed by atoms with Crippen LogP contribution in [0.2, 0.25) is 0 Å². The predicted octanol–water partition coefficient (Wildman–Crippen LogP) is 4.13. The summed E-state index contributed by atoms with van der Waals surface area (Å²) in [6, 6.07) is 9.34. The van der Waals surface area contributed by atoms with Crippen LogP contribution in [0.25, 0.3) is 22.1 Å². The monoisotopic (exact) mass is 314 g/mol. The molecule has 0 radical (unpaired) electrons. The molecule has 0 atom stereocenters. The Morgan fingerprint density at radius 3 is 1.87 bits per heavy atom. The summed E-state index contributed by atoms with van der Waals surface area (Å²) < 4.78 is 27.1. The van der Waals surface area contributed by atoms with Crippen LogP contribution >= 0.6 is 0 Å². The largest absolute Gasteiger partial charge is 0.497 e. The predicted molar refractivity (Wildman–Crippen MR) is 87.9 cm³/mol. The second-order valence-corrected chi connectivity index (χ2v) is 4.95. The van der Waals surface area contributed by atoms with E-state index in [4.69, 9.17) is 23.4 Å². The van der Waals surface area contributed by atoms with Gasteiger partial charge in [0.15, 0.2) is 0 Å². The van der Waals surface area contributed by atoms with Crippen molar-refractivity contribution < 1.29 is 23.4 Å². The summed E-state index contributed by atoms with van der Waals surface area (Å²) in [5.74, 6) is 2.78. The second kappa shape index (κ2) is 6.12. The molecule has 2 aromatic carbocycles. The van der Waals surface area contributed by atoms with E-state index >= 15 is 0 Å². The average Bonchev–Trinajstić information content (AvgIpc) is 3.04. The average molecular weight is 314 g/mol. The molecule has 0 saturated carbocycles. The molecule has 3 rings (SSSR count). The smallest absolute Gasteiger partial charge is 0.141 e. The standard InChI is InChI=1S/C18H18O5/c1-19-12-5-11(6-13(7-12)20-2)15-10-23-17-9-14(21-3)8-16(22-4)18(15)17/h5-10H,1-4H3. The second-order valence-electron chi connectivity index (χ2n) is 4.95. The van der Waals surface area contributed by atoms with Gasteiger partial charge in [-0.25, -0.2) is 0 Å². The van der Waals surface area contributed by atoms with Crippen LogP contribution in [0.15, 0.2) is 41.0 Å². The molecule has 5 nitrogen and oxygen atoms in total. The van der Waals surface area contributed by atoms with E-state index in [1.807, 2.05) is 30.3 Å². The van der Waals surface area contributed by atoms with Gasteiger partial charge >= 0.3 is 0 Å². The molecular formula is C18H18O5. The summed E-state index contributed by atoms with van der Waals surface area (Å²) in [5, 5.41) is 0.878. The molecule has 3 aromatic rings. The van der Waals surface area contributed by atoms with Gasteiger partial charge in [0, 0.05) is 23.8 Å². The minimum atomic E-state index is 0.679. The Labute approximate surface area is 134 Å². The van der Waals surface area contributed by atoms with Gasteiger partial charge in [-0.2, -0.15) is 0 Å². The van der Waals surface area contributed by atoms with E-state index in [2.05, 4.69) is 0 Å². The summed E-state index contributed by atoms with van der Waals surface area (Å²) >= 11 is 0. The lowest BCUT2D eigenvalue weighted by atomic mass is 10.0. The van der Waals surface area contributed by atoms with Crippen molar-refractivity contribution in [1.82, 2.24) is 0 Å². The van der Waals surface area contributed by atoms with Gasteiger partial charge in [-0.1, -0.05) is 0 Å². The Balaban J connectivity index is 2.24. The summed E-state index contributed by atoms with van der Waals surface area (Å²) in [6.07, 6.45) is 1.70. The van der Waals surface area contributed by atoms with E-state index in [0.717, 1.165) is 16.5 Å². The molecule has 0 aliphatic rings. The fourth-order valence-corrected chi connectivity index (χ4v) is 2.56. The molecule has 23 heavy (non-hydrogen) atoms. The van der Waals surface area contributed by atoms with E-state index in [9.17, 15) is 0 Å². The van der Waals surface area contributed by atoms with Gasteiger partial charge in [-0.15, -0.1) is 0 Å². The summed E-state index contributed by atoms with van der Waals surface area (Å²) in [4.78, 5) is 0. The maximum Gasteiger partial charge on any atom is 0.141 e. The van der Waals surface area contributed by atoms with Gasteiger partial charge in [0.25, 0.3) is 0 Å². The van der Waals surface area contributed by atoms with E-state index in [1.165, 1.54) is 0 Å². The Morgan fingerprint density at radius 1 is 0.696 bits per heavy atom. The van der Waals surface area contributed by atoms with Crippen LogP contribution < -0.4 is 18.9 Å². The molecule has 0 spiro atoms. The molecule has 1 aromatic heterocycles. The topological polar surface area (TPSA) is 50.1 Å². The fourth-order valence-electron chi connectivity index (χ4n) is 2.56. The molecule has 5 heteroatoms. The molecule has 0 N–H and O–H groups in total. The Hall–Kier alpha value is -2.82. The first-order valence-corrected chi connectivity index (χ1v) is 7.06. The number of hydrogen-bond acceptors (Lipinski definition) is 5. The number of fused-ring (bicyclic) bond motifs is 1. The molecule has 0 saturated heterocycles. The van der Waals surface area contributed by atoms with Crippen molar-refractivity contribution in [3.05, 3.63) is 36.6 Å². The van der Waals surface area contributed by atoms with Crippen molar-refractivity contribution in [2.24, 2.45) is 0 Å². The molecule has 120 valence electrons. The highest BCUT2D eigenvalue weighted by Crippen LogP contribution is 2.41. The lowest BCUT2D eigenvalue weighted by Gasteiger charge is -2.09. The molecular weight excluding hydrogens is 296 g/mol. The third-order valence-electron chi connectivity index (χ3n) is 3.73. The highest BCUT2D eigenvalue weighted by molar-refractivity contribution is 5.99. The van der Waals surface area contributed by atoms with E-state index in [0.29, 0.717) is 28.6 Å². The lowest BCUT2D eigenvalue weighted by Crippen LogP contribution is -1.90. The minimum Gasteiger partial charge on any atom is -0.497 e. The van der Waals surface area contributed by atoms with Crippen molar-refractivity contribution in [3.8, 4) is 34.1 Å². The molecule has 0 aliphatic heterocycles. The highest BCUT2D eigenvalue weighted by Gasteiger charge is 2.16. The molecule has 0 aliphatic carbocycles. The zero-order valence-corrected chi connectivity index (χ0v) is 13.5. The SMILES string of the molecule is COc1cc(OC)cc(-c2coc3cc(OC)cc(OC)c23)c1. The summed E-state index contributed by atoms with van der Waals surface area (Å²) in [5.41, 5.74) is 2.51. The van der Waals surface area contributed by atoms with Crippen LogP contribution in [-0.2, 0) is 0 Å². The van der Waals surface area contributed by atoms with Crippen LogP contribution in [0, 0.1) is 0 Å². The van der Waals surface area contributed by atoms with Crippen molar-refractivity contribution in [3.63, 3.8) is 0 Å². The van der Waals surface area contributed by atoms with E-state index < -0.39 is 0 Å². The molecule has 0 amide bonds. The molecule has 0 unspecified atom stereocenters. The third-order valence-corrected chi connectivity index (χ3v) is 3.73. The highest BCUT2D eigenvalue weighted by atomic mass is 16.5. The van der Waals surface area contributed by atoms with Crippen LogP contribution in [0.1, 0.15) is 0 Å². The van der Waals surface area contributed by atoms with E-state index in [1.54, 1.807) is 34.7 Å². The van der Waals surface area contributed by atoms with Crippen molar-refractivity contribution in [1.29, 1.82) is 0 Å². The van der Waals surface area contributed by atoms with Gasteiger partial charge in [0.2, 0.25) is 0 Å². The molecule has 1 heterocycles. The number of hydrogen-bond donors (Lipinski definition) is 0. The van der Waals surface area contributed by atoms with Crippen LogP contribution in [0.5, 0.6) is 23.0 Å². The number of furan rings is 1. The minimum absolute atomic E-state index is 0.679. The quantitative estimate of drug-likeness (QED) is 0.708. The number of methoxy groups -OCH3 is 4. The first-order chi connectivity index (χ1) is 11.2. The Kier molecular flexibility index (Phi) is 4.02. The normalized spacial score (nSPS) is 10.6. The Bertz CT molecular complexity index is 813. The lowest BCUT2D eigenvalue weighted by molar-refractivity contribution is 0.394. The van der Waals surface area contributed by atoms with Gasteiger partial charge in [0.1, 0.15) is 28.6 Å². The summed E-state index contributed by atoms with van der Waals surface area (Å²) in [6.45, 7) is 0. The van der Waals surface area contributed by atoms with Crippen molar-refractivity contribution in [2.45, 2.75) is 0 Å². The summed E-state index contributed by atoms with van der Waals surface area (Å²) in [7, 11) is 6.48. The number of benzene rings is 2. The third kappa shape index (κ3) is 2.65. The van der Waals surface area contributed by atoms with Gasteiger partial charge in [-0.05, 0) is 17.7 Å². The Morgan fingerprint density at radius 2 is 1.30 bits per heavy atom. The molecule has 0 fully saturated rings. The van der Waals surface area contributed by atoms with Gasteiger partial charge < -0.3 is 23.4 Å². The zero-order chi connectivity index (χ0) is 16.4. The van der Waals surface area contributed by atoms with Crippen LogP contribution in [-0.4, -0.2) is 28.4 Å². The van der Waals surface area contributed by atoms with E-state index in [-0.39, 0.29) is 0 Å². The van der Waals surface area contributed by atoms with Gasteiger partial charge in [-0.3, -0.25) is 0 Å². The zero-order valence-electron chi connectivity index (χ0n) is 13.5. The molecule has 0 bridgehead atoms. The first-order valence-electron chi connectivity index (χ1n) is 7.06. The van der Waals surface area contributed by atoms with Crippen molar-refractivity contribution in [2.75, 3.05) is 28.4 Å². The van der Waals surface area contributed by atoms with Crippen molar-refractivity contribution >= 4 is 11.0 Å².